The number of aromatic nitrogens is 2. The largest absolute Gasteiger partial charge is 0.377 e. The predicted octanol–water partition coefficient (Wildman–Crippen LogP) is 0.787. The lowest BCUT2D eigenvalue weighted by atomic mass is 10.2. The molecule has 0 amide bonds. The Morgan fingerprint density at radius 2 is 2.23 bits per heavy atom. The van der Waals surface area contributed by atoms with E-state index in [9.17, 15) is 4.79 Å². The van der Waals surface area contributed by atoms with Crippen molar-refractivity contribution < 1.29 is 4.74 Å². The van der Waals surface area contributed by atoms with E-state index >= 15 is 0 Å². The van der Waals surface area contributed by atoms with Crippen molar-refractivity contribution >= 4 is 0 Å². The molecule has 1 rings (SSSR count). The Morgan fingerprint density at radius 3 is 2.69 bits per heavy atom. The normalized spacial score (nSPS) is 10.4. The number of aromatic amines is 1. The fourth-order valence-corrected chi connectivity index (χ4v) is 1.29. The lowest BCUT2D eigenvalue weighted by Gasteiger charge is -2.03. The van der Waals surface area contributed by atoms with Crippen molar-refractivity contribution in [3.63, 3.8) is 0 Å². The summed E-state index contributed by atoms with van der Waals surface area (Å²) in [6, 6.07) is 0. The van der Waals surface area contributed by atoms with E-state index in [2.05, 4.69) is 9.97 Å². The van der Waals surface area contributed by atoms with Crippen LogP contribution in [0.4, 0.5) is 0 Å². The van der Waals surface area contributed by atoms with E-state index in [0.717, 1.165) is 11.3 Å². The average Bonchev–Trinajstić information content (AvgIpc) is 2.04. The van der Waals surface area contributed by atoms with E-state index < -0.39 is 0 Å². The second kappa shape index (κ2) is 4.18. The van der Waals surface area contributed by atoms with Gasteiger partial charge in [-0.15, -0.1) is 0 Å². The SMILES string of the molecule is CCc1c(C)nc(COC)[nH]c1=O. The van der Waals surface area contributed by atoms with Crippen molar-refractivity contribution in [3.8, 4) is 0 Å². The Labute approximate surface area is 77.0 Å². The molecular weight excluding hydrogens is 168 g/mol. The fraction of sp³-hybridized carbons (Fsp3) is 0.556. The van der Waals surface area contributed by atoms with Crippen LogP contribution in [0.2, 0.25) is 0 Å². The summed E-state index contributed by atoms with van der Waals surface area (Å²) in [7, 11) is 1.57. The van der Waals surface area contributed by atoms with Gasteiger partial charge in [-0.25, -0.2) is 4.98 Å². The minimum absolute atomic E-state index is 0.0537. The first-order chi connectivity index (χ1) is 6.19. The summed E-state index contributed by atoms with van der Waals surface area (Å²) in [5.41, 5.74) is 1.49. The van der Waals surface area contributed by atoms with Gasteiger partial charge in [-0.05, 0) is 13.3 Å². The molecule has 0 aromatic carbocycles. The van der Waals surface area contributed by atoms with Gasteiger partial charge in [0.1, 0.15) is 12.4 Å². The molecule has 4 heteroatoms. The Hall–Kier alpha value is -1.16. The number of rotatable bonds is 3. The van der Waals surface area contributed by atoms with Crippen LogP contribution in [0.25, 0.3) is 0 Å². The molecule has 0 bridgehead atoms. The number of methoxy groups -OCH3 is 1. The number of nitrogens with one attached hydrogen (secondary N) is 1. The Bertz CT molecular complexity index is 344. The predicted molar refractivity (Wildman–Crippen MR) is 49.7 cm³/mol. The van der Waals surface area contributed by atoms with Crippen LogP contribution in [-0.4, -0.2) is 17.1 Å². The molecule has 0 unspecified atom stereocenters. The zero-order valence-electron chi connectivity index (χ0n) is 8.18. The first-order valence-electron chi connectivity index (χ1n) is 4.26. The van der Waals surface area contributed by atoms with Crippen molar-refractivity contribution in [1.82, 2.24) is 9.97 Å². The van der Waals surface area contributed by atoms with Crippen LogP contribution in [-0.2, 0) is 17.8 Å². The number of H-pyrrole nitrogens is 1. The van der Waals surface area contributed by atoms with Crippen LogP contribution in [0.5, 0.6) is 0 Å². The standard InChI is InChI=1S/C9H14N2O2/c1-4-7-6(2)10-8(5-13-3)11-9(7)12/h4-5H2,1-3H3,(H,10,11,12). The van der Waals surface area contributed by atoms with Crippen LogP contribution in [0, 0.1) is 6.92 Å². The van der Waals surface area contributed by atoms with E-state index in [0.29, 0.717) is 18.9 Å². The minimum atomic E-state index is -0.0537. The van der Waals surface area contributed by atoms with Crippen LogP contribution in [0.3, 0.4) is 0 Å². The van der Waals surface area contributed by atoms with Gasteiger partial charge in [0.15, 0.2) is 0 Å². The van der Waals surface area contributed by atoms with E-state index in [1.165, 1.54) is 0 Å². The summed E-state index contributed by atoms with van der Waals surface area (Å²) < 4.78 is 4.88. The van der Waals surface area contributed by atoms with Gasteiger partial charge in [0.25, 0.3) is 5.56 Å². The van der Waals surface area contributed by atoms with Gasteiger partial charge in [0.05, 0.1) is 0 Å². The van der Waals surface area contributed by atoms with Gasteiger partial charge >= 0.3 is 0 Å². The second-order valence-electron chi connectivity index (χ2n) is 2.86. The first-order valence-corrected chi connectivity index (χ1v) is 4.26. The summed E-state index contributed by atoms with van der Waals surface area (Å²) in [6.07, 6.45) is 0.710. The lowest BCUT2D eigenvalue weighted by Crippen LogP contribution is -2.18. The molecule has 0 aliphatic rings. The molecule has 0 saturated heterocycles. The van der Waals surface area contributed by atoms with E-state index in [1.54, 1.807) is 7.11 Å². The molecule has 0 spiro atoms. The molecule has 13 heavy (non-hydrogen) atoms. The highest BCUT2D eigenvalue weighted by atomic mass is 16.5. The number of hydrogen-bond donors (Lipinski definition) is 1. The zero-order chi connectivity index (χ0) is 9.84. The fourth-order valence-electron chi connectivity index (χ4n) is 1.29. The summed E-state index contributed by atoms with van der Waals surface area (Å²) >= 11 is 0. The molecule has 0 aliphatic carbocycles. The molecule has 4 nitrogen and oxygen atoms in total. The molecule has 1 aromatic heterocycles. The van der Waals surface area contributed by atoms with E-state index in [-0.39, 0.29) is 5.56 Å². The maximum atomic E-state index is 11.4. The summed E-state index contributed by atoms with van der Waals surface area (Å²) in [4.78, 5) is 18.3. The molecule has 0 radical (unpaired) electrons. The zero-order valence-corrected chi connectivity index (χ0v) is 8.18. The number of ether oxygens (including phenoxy) is 1. The highest BCUT2D eigenvalue weighted by Crippen LogP contribution is 2.00. The maximum absolute atomic E-state index is 11.4. The monoisotopic (exact) mass is 182 g/mol. The van der Waals surface area contributed by atoms with Crippen LogP contribution >= 0.6 is 0 Å². The van der Waals surface area contributed by atoms with Crippen LogP contribution < -0.4 is 5.56 Å². The van der Waals surface area contributed by atoms with Crippen LogP contribution in [0.1, 0.15) is 24.0 Å². The van der Waals surface area contributed by atoms with Gasteiger partial charge in [-0.3, -0.25) is 4.79 Å². The molecule has 1 aromatic rings. The van der Waals surface area contributed by atoms with Crippen LogP contribution in [0.15, 0.2) is 4.79 Å². The Balaban J connectivity index is 3.13. The molecule has 0 fully saturated rings. The van der Waals surface area contributed by atoms with Crippen molar-refractivity contribution in [3.05, 3.63) is 27.4 Å². The Kier molecular flexibility index (Phi) is 3.19. The highest BCUT2D eigenvalue weighted by molar-refractivity contribution is 5.15. The maximum Gasteiger partial charge on any atom is 0.254 e. The van der Waals surface area contributed by atoms with Crippen molar-refractivity contribution in [2.24, 2.45) is 0 Å². The van der Waals surface area contributed by atoms with Gasteiger partial charge in [0.2, 0.25) is 0 Å². The molecular formula is C9H14N2O2. The molecule has 72 valence electrons. The molecule has 1 heterocycles. The third-order valence-electron chi connectivity index (χ3n) is 1.91. The molecule has 0 atom stereocenters. The van der Waals surface area contributed by atoms with Crippen molar-refractivity contribution in [2.45, 2.75) is 26.9 Å². The minimum Gasteiger partial charge on any atom is -0.377 e. The third kappa shape index (κ3) is 2.15. The summed E-state index contributed by atoms with van der Waals surface area (Å²) in [5.74, 6) is 0.585. The van der Waals surface area contributed by atoms with Gasteiger partial charge in [-0.2, -0.15) is 0 Å². The average molecular weight is 182 g/mol. The smallest absolute Gasteiger partial charge is 0.254 e. The Morgan fingerprint density at radius 1 is 1.54 bits per heavy atom. The molecule has 0 saturated carbocycles. The van der Waals surface area contributed by atoms with E-state index in [1.807, 2.05) is 13.8 Å². The van der Waals surface area contributed by atoms with Crippen molar-refractivity contribution in [1.29, 1.82) is 0 Å². The van der Waals surface area contributed by atoms with E-state index in [4.69, 9.17) is 4.74 Å². The molecule has 1 N–H and O–H groups in total. The first kappa shape index (κ1) is 9.92. The van der Waals surface area contributed by atoms with Gasteiger partial charge in [0, 0.05) is 18.4 Å². The highest BCUT2D eigenvalue weighted by Gasteiger charge is 2.04. The molecule has 0 aliphatic heterocycles. The number of aryl methyl sites for hydroxylation is 1. The van der Waals surface area contributed by atoms with Gasteiger partial charge in [-0.1, -0.05) is 6.92 Å². The quantitative estimate of drug-likeness (QED) is 0.751. The lowest BCUT2D eigenvalue weighted by molar-refractivity contribution is 0.177. The third-order valence-corrected chi connectivity index (χ3v) is 1.91. The van der Waals surface area contributed by atoms with Gasteiger partial charge < -0.3 is 9.72 Å². The number of nitrogens with zero attached hydrogens (tertiary/aromatic N) is 1. The number of hydrogen-bond acceptors (Lipinski definition) is 3. The summed E-state index contributed by atoms with van der Waals surface area (Å²) in [6.45, 7) is 4.13. The van der Waals surface area contributed by atoms with Crippen molar-refractivity contribution in [2.75, 3.05) is 7.11 Å². The topological polar surface area (TPSA) is 55.0 Å². The second-order valence-corrected chi connectivity index (χ2v) is 2.86. The summed E-state index contributed by atoms with van der Waals surface area (Å²) in [5, 5.41) is 0.